The molecule has 154 valence electrons. The molecule has 1 N–H and O–H groups in total. The van der Waals surface area contributed by atoms with E-state index in [1.807, 2.05) is 29.6 Å². The Morgan fingerprint density at radius 2 is 1.70 bits per heavy atom. The summed E-state index contributed by atoms with van der Waals surface area (Å²) in [5.74, 6) is 0.759. The Balaban J connectivity index is 1.63. The molecule has 0 amide bonds. The molecule has 0 radical (unpaired) electrons. The van der Waals surface area contributed by atoms with Crippen molar-refractivity contribution >= 4 is 38.2 Å². The number of para-hydroxylation sites is 2. The van der Waals surface area contributed by atoms with Crippen LogP contribution in [-0.4, -0.2) is 32.1 Å². The average Bonchev–Trinajstić information content (AvgIpc) is 3.27. The minimum absolute atomic E-state index is 0.0516. The van der Waals surface area contributed by atoms with Crippen molar-refractivity contribution in [1.29, 1.82) is 0 Å². The van der Waals surface area contributed by atoms with E-state index in [0.29, 0.717) is 29.8 Å². The summed E-state index contributed by atoms with van der Waals surface area (Å²) >= 11 is 1.64. The lowest BCUT2D eigenvalue weighted by atomic mass is 10.3. The highest BCUT2D eigenvalue weighted by atomic mass is 32.2. The van der Waals surface area contributed by atoms with Gasteiger partial charge >= 0.3 is 0 Å². The van der Waals surface area contributed by atoms with Crippen LogP contribution in [0.1, 0.15) is 4.88 Å². The largest absolute Gasteiger partial charge is 0.497 e. The second kappa shape index (κ2) is 8.68. The van der Waals surface area contributed by atoms with Crippen LogP contribution in [0.15, 0.2) is 70.9 Å². The second-order valence-corrected chi connectivity index (χ2v) is 9.04. The van der Waals surface area contributed by atoms with Gasteiger partial charge in [-0.25, -0.2) is 18.4 Å². The van der Waals surface area contributed by atoms with Gasteiger partial charge in [-0.15, -0.1) is 11.3 Å². The predicted molar refractivity (Wildman–Crippen MR) is 117 cm³/mol. The fourth-order valence-corrected chi connectivity index (χ4v) is 4.49. The van der Waals surface area contributed by atoms with Crippen molar-refractivity contribution in [1.82, 2.24) is 9.97 Å². The molecule has 4 rings (SSSR count). The van der Waals surface area contributed by atoms with Crippen LogP contribution in [0, 0.1) is 0 Å². The zero-order valence-corrected chi connectivity index (χ0v) is 17.7. The lowest BCUT2D eigenvalue weighted by molar-refractivity contribution is 0.312. The van der Waals surface area contributed by atoms with Gasteiger partial charge in [-0.3, -0.25) is 4.72 Å². The van der Waals surface area contributed by atoms with E-state index in [2.05, 4.69) is 14.7 Å². The van der Waals surface area contributed by atoms with Gasteiger partial charge in [0, 0.05) is 11.3 Å². The number of rotatable bonds is 8. The number of fused-ring (bicyclic) bond motifs is 1. The first kappa shape index (κ1) is 20.1. The van der Waals surface area contributed by atoms with Crippen LogP contribution in [0.3, 0.4) is 0 Å². The van der Waals surface area contributed by atoms with Gasteiger partial charge in [0.15, 0.2) is 0 Å². The Morgan fingerprint density at radius 3 is 2.37 bits per heavy atom. The van der Waals surface area contributed by atoms with E-state index in [0.717, 1.165) is 0 Å². The Hall–Kier alpha value is -3.17. The first-order valence-electron chi connectivity index (χ1n) is 9.14. The number of thiophene rings is 1. The number of nitrogens with zero attached hydrogens (tertiary/aromatic N) is 2. The van der Waals surface area contributed by atoms with Crippen molar-refractivity contribution in [2.45, 2.75) is 11.3 Å². The number of anilines is 1. The summed E-state index contributed by atoms with van der Waals surface area (Å²) in [5, 5.41) is 2.00. The fraction of sp³-hybridized carbons (Fsp3) is 0.143. The lowest BCUT2D eigenvalue weighted by Crippen LogP contribution is -2.16. The molecule has 4 aromatic rings. The molecule has 0 aliphatic heterocycles. The Labute approximate surface area is 178 Å². The molecule has 9 heteroatoms. The topological polar surface area (TPSA) is 90.4 Å². The molecule has 0 aliphatic carbocycles. The van der Waals surface area contributed by atoms with Crippen LogP contribution < -0.4 is 14.2 Å². The third-order valence-corrected chi connectivity index (χ3v) is 6.60. The fourth-order valence-electron chi connectivity index (χ4n) is 2.80. The number of nitrogens with one attached hydrogen (secondary N) is 1. The second-order valence-electron chi connectivity index (χ2n) is 6.32. The number of methoxy groups -OCH3 is 1. The van der Waals surface area contributed by atoms with E-state index in [9.17, 15) is 8.42 Å². The number of hydrogen-bond acceptors (Lipinski definition) is 7. The summed E-state index contributed by atoms with van der Waals surface area (Å²) in [5.41, 5.74) is 1.19. The summed E-state index contributed by atoms with van der Waals surface area (Å²) < 4.78 is 39.2. The maximum absolute atomic E-state index is 12.9. The van der Waals surface area contributed by atoms with Crippen LogP contribution in [0.4, 0.5) is 5.82 Å². The van der Waals surface area contributed by atoms with Gasteiger partial charge in [-0.1, -0.05) is 18.2 Å². The standard InChI is InChI=1S/C21H19N3O4S2/c1-27-15-8-10-17(11-9-15)30(25,26)24-20-21(28-13-12-16-5-4-14-29-16)23-19-7-3-2-6-18(19)22-20/h2-11,14H,12-13H2,1H3,(H,22,24). The molecule has 2 aromatic carbocycles. The van der Waals surface area contributed by atoms with Gasteiger partial charge in [0.05, 0.1) is 29.6 Å². The lowest BCUT2D eigenvalue weighted by Gasteiger charge is -2.13. The summed E-state index contributed by atoms with van der Waals surface area (Å²) in [6.45, 7) is 0.352. The third kappa shape index (κ3) is 4.52. The normalized spacial score (nSPS) is 11.4. The molecule has 2 heterocycles. The van der Waals surface area contributed by atoms with Crippen molar-refractivity contribution < 1.29 is 17.9 Å². The Bertz CT molecular complexity index is 1240. The number of sulfonamides is 1. The molecule has 0 atom stereocenters. The number of aromatic nitrogens is 2. The van der Waals surface area contributed by atoms with Crippen LogP contribution in [0.2, 0.25) is 0 Å². The molecular formula is C21H19N3O4S2. The first-order chi connectivity index (χ1) is 14.5. The third-order valence-electron chi connectivity index (χ3n) is 4.31. The molecule has 0 bridgehead atoms. The molecular weight excluding hydrogens is 422 g/mol. The van der Waals surface area contributed by atoms with Gasteiger partial charge < -0.3 is 9.47 Å². The van der Waals surface area contributed by atoms with E-state index in [4.69, 9.17) is 9.47 Å². The van der Waals surface area contributed by atoms with Crippen molar-refractivity contribution in [2.75, 3.05) is 18.4 Å². The quantitative estimate of drug-likeness (QED) is 0.442. The van der Waals surface area contributed by atoms with Crippen molar-refractivity contribution in [3.05, 3.63) is 70.9 Å². The molecule has 0 saturated carbocycles. The van der Waals surface area contributed by atoms with Gasteiger partial charge in [0.25, 0.3) is 15.9 Å². The summed E-state index contributed by atoms with van der Waals surface area (Å²) in [4.78, 5) is 10.2. The SMILES string of the molecule is COc1ccc(S(=O)(=O)Nc2nc3ccccc3nc2OCCc2cccs2)cc1. The first-order valence-corrected chi connectivity index (χ1v) is 11.5. The van der Waals surface area contributed by atoms with Gasteiger partial charge in [0.1, 0.15) is 5.75 Å². The molecule has 2 aromatic heterocycles. The van der Waals surface area contributed by atoms with Crippen molar-refractivity contribution in [3.63, 3.8) is 0 Å². The Morgan fingerprint density at radius 1 is 0.967 bits per heavy atom. The van der Waals surface area contributed by atoms with Crippen molar-refractivity contribution in [3.8, 4) is 11.6 Å². The molecule has 0 saturated heterocycles. The summed E-state index contributed by atoms with van der Waals surface area (Å²) in [6.07, 6.45) is 0.691. The molecule has 0 aliphatic rings. The molecule has 7 nitrogen and oxygen atoms in total. The number of hydrogen-bond donors (Lipinski definition) is 1. The Kier molecular flexibility index (Phi) is 5.82. The monoisotopic (exact) mass is 441 g/mol. The van der Waals surface area contributed by atoms with Gasteiger partial charge in [-0.2, -0.15) is 0 Å². The van der Waals surface area contributed by atoms with Crippen molar-refractivity contribution in [2.24, 2.45) is 0 Å². The van der Waals surface area contributed by atoms with E-state index >= 15 is 0 Å². The highest BCUT2D eigenvalue weighted by Gasteiger charge is 2.20. The minimum Gasteiger partial charge on any atom is -0.497 e. The highest BCUT2D eigenvalue weighted by Crippen LogP contribution is 2.27. The maximum Gasteiger partial charge on any atom is 0.263 e. The van der Waals surface area contributed by atoms with E-state index in [1.54, 1.807) is 35.6 Å². The van der Waals surface area contributed by atoms with Crippen LogP contribution >= 0.6 is 11.3 Å². The van der Waals surface area contributed by atoms with Crippen LogP contribution in [-0.2, 0) is 16.4 Å². The van der Waals surface area contributed by atoms with Gasteiger partial charge in [-0.05, 0) is 47.8 Å². The van der Waals surface area contributed by atoms with Gasteiger partial charge in [0.2, 0.25) is 5.82 Å². The van der Waals surface area contributed by atoms with E-state index < -0.39 is 10.0 Å². The zero-order chi connectivity index (χ0) is 21.0. The van der Waals surface area contributed by atoms with Crippen LogP contribution in [0.25, 0.3) is 11.0 Å². The predicted octanol–water partition coefficient (Wildman–Crippen LogP) is 4.12. The molecule has 0 unspecified atom stereocenters. The highest BCUT2D eigenvalue weighted by molar-refractivity contribution is 7.92. The number of ether oxygens (including phenoxy) is 2. The smallest absolute Gasteiger partial charge is 0.263 e. The molecule has 0 spiro atoms. The molecule has 0 fully saturated rings. The molecule has 30 heavy (non-hydrogen) atoms. The van der Waals surface area contributed by atoms with Crippen LogP contribution in [0.5, 0.6) is 11.6 Å². The summed E-state index contributed by atoms with van der Waals surface area (Å²) in [7, 11) is -2.36. The summed E-state index contributed by atoms with van der Waals surface area (Å²) in [6, 6.07) is 17.3. The number of benzene rings is 2. The van der Waals surface area contributed by atoms with E-state index in [-0.39, 0.29) is 16.6 Å². The maximum atomic E-state index is 12.9. The van der Waals surface area contributed by atoms with E-state index in [1.165, 1.54) is 24.1 Å². The zero-order valence-electron chi connectivity index (χ0n) is 16.1. The minimum atomic E-state index is -3.88. The average molecular weight is 442 g/mol.